The van der Waals surface area contributed by atoms with E-state index in [2.05, 4.69) is 4.98 Å². The van der Waals surface area contributed by atoms with Gasteiger partial charge >= 0.3 is 6.18 Å². The number of anilines is 1. The lowest BCUT2D eigenvalue weighted by atomic mass is 10.3. The zero-order valence-corrected chi connectivity index (χ0v) is 9.53. The van der Waals surface area contributed by atoms with Crippen LogP contribution in [0.3, 0.4) is 0 Å². The van der Waals surface area contributed by atoms with Crippen LogP contribution in [0.5, 0.6) is 0 Å². The molecule has 5 nitrogen and oxygen atoms in total. The van der Waals surface area contributed by atoms with E-state index in [0.717, 1.165) is 10.8 Å². The molecular weight excluding hydrogens is 249 g/mol. The van der Waals surface area contributed by atoms with E-state index in [1.165, 1.54) is 10.9 Å². The van der Waals surface area contributed by atoms with Gasteiger partial charge in [-0.1, -0.05) is 0 Å². The van der Waals surface area contributed by atoms with Gasteiger partial charge in [-0.25, -0.2) is 4.98 Å². The summed E-state index contributed by atoms with van der Waals surface area (Å²) in [5.74, 6) is 0. The number of nitrogens with two attached hydrogens (primary N) is 1. The van der Waals surface area contributed by atoms with Crippen LogP contribution in [0.2, 0.25) is 0 Å². The summed E-state index contributed by atoms with van der Waals surface area (Å²) in [6.45, 7) is 0.896. The van der Waals surface area contributed by atoms with Crippen molar-refractivity contribution in [3.63, 3.8) is 0 Å². The number of hydrogen-bond donors (Lipinski definition) is 1. The van der Waals surface area contributed by atoms with E-state index < -0.39 is 18.3 Å². The SMILES string of the molecule is CCn1cnc2c(c(N)cn2CC(F)(F)F)c1=O. The molecule has 0 saturated heterocycles. The van der Waals surface area contributed by atoms with Gasteiger partial charge in [-0.05, 0) is 6.92 Å². The molecule has 0 aliphatic carbocycles. The van der Waals surface area contributed by atoms with Gasteiger partial charge in [0.15, 0.2) is 0 Å². The summed E-state index contributed by atoms with van der Waals surface area (Å²) in [6, 6.07) is 0. The first-order chi connectivity index (χ1) is 8.33. The summed E-state index contributed by atoms with van der Waals surface area (Å²) >= 11 is 0. The molecule has 8 heteroatoms. The fourth-order valence-corrected chi connectivity index (χ4v) is 1.78. The fourth-order valence-electron chi connectivity index (χ4n) is 1.78. The summed E-state index contributed by atoms with van der Waals surface area (Å²) in [5, 5.41) is 0.0311. The van der Waals surface area contributed by atoms with Crippen LogP contribution < -0.4 is 11.3 Å². The van der Waals surface area contributed by atoms with Crippen molar-refractivity contribution in [1.29, 1.82) is 0 Å². The lowest BCUT2D eigenvalue weighted by molar-refractivity contribution is -0.139. The molecule has 0 atom stereocenters. The third-order valence-corrected chi connectivity index (χ3v) is 2.56. The third kappa shape index (κ3) is 2.05. The lowest BCUT2D eigenvalue weighted by Gasteiger charge is -2.08. The Balaban J connectivity index is 2.67. The Hall–Kier alpha value is -1.99. The number of aryl methyl sites for hydroxylation is 1. The summed E-state index contributed by atoms with van der Waals surface area (Å²) in [5.41, 5.74) is 5.12. The van der Waals surface area contributed by atoms with E-state index in [9.17, 15) is 18.0 Å². The topological polar surface area (TPSA) is 65.8 Å². The predicted molar refractivity (Wildman–Crippen MR) is 60.1 cm³/mol. The van der Waals surface area contributed by atoms with Crippen molar-refractivity contribution in [2.75, 3.05) is 5.73 Å². The van der Waals surface area contributed by atoms with Crippen molar-refractivity contribution in [3.8, 4) is 0 Å². The van der Waals surface area contributed by atoms with Crippen molar-refractivity contribution in [3.05, 3.63) is 22.9 Å². The second-order valence-corrected chi connectivity index (χ2v) is 3.86. The molecule has 18 heavy (non-hydrogen) atoms. The van der Waals surface area contributed by atoms with Crippen LogP contribution in [0.15, 0.2) is 17.3 Å². The molecule has 2 heterocycles. The number of nitrogens with zero attached hydrogens (tertiary/aromatic N) is 3. The van der Waals surface area contributed by atoms with Gasteiger partial charge < -0.3 is 10.3 Å². The first-order valence-electron chi connectivity index (χ1n) is 5.24. The minimum atomic E-state index is -4.39. The molecule has 0 spiro atoms. The molecule has 98 valence electrons. The fraction of sp³-hybridized carbons (Fsp3) is 0.400. The van der Waals surface area contributed by atoms with Crippen molar-refractivity contribution >= 4 is 16.7 Å². The Labute approximate surface area is 99.6 Å². The van der Waals surface area contributed by atoms with Gasteiger partial charge in [0.2, 0.25) is 0 Å². The average molecular weight is 260 g/mol. The average Bonchev–Trinajstić information content (AvgIpc) is 2.54. The van der Waals surface area contributed by atoms with Crippen molar-refractivity contribution < 1.29 is 13.2 Å². The molecular formula is C10H11F3N4O. The van der Waals surface area contributed by atoms with E-state index in [4.69, 9.17) is 5.73 Å². The van der Waals surface area contributed by atoms with Crippen molar-refractivity contribution in [2.24, 2.45) is 0 Å². The largest absolute Gasteiger partial charge is 0.406 e. The second kappa shape index (κ2) is 4.04. The molecule has 2 rings (SSSR count). The van der Waals surface area contributed by atoms with Gasteiger partial charge in [0, 0.05) is 12.7 Å². The first-order valence-corrected chi connectivity index (χ1v) is 5.24. The van der Waals surface area contributed by atoms with E-state index in [1.54, 1.807) is 6.92 Å². The molecule has 2 N–H and O–H groups in total. The standard InChI is InChI=1S/C10H11F3N4O/c1-2-16-5-15-8-7(9(16)18)6(14)3-17(8)4-10(11,12)13/h3,5H,2,4,14H2,1H3. The van der Waals surface area contributed by atoms with Crippen molar-refractivity contribution in [1.82, 2.24) is 14.1 Å². The highest BCUT2D eigenvalue weighted by Gasteiger charge is 2.29. The summed E-state index contributed by atoms with van der Waals surface area (Å²) in [7, 11) is 0. The maximum atomic E-state index is 12.4. The van der Waals surface area contributed by atoms with Crippen LogP contribution in [-0.2, 0) is 13.1 Å². The summed E-state index contributed by atoms with van der Waals surface area (Å²) in [4.78, 5) is 15.8. The Morgan fingerprint density at radius 1 is 1.39 bits per heavy atom. The van der Waals surface area contributed by atoms with E-state index in [1.807, 2.05) is 0 Å². The highest BCUT2D eigenvalue weighted by Crippen LogP contribution is 2.23. The van der Waals surface area contributed by atoms with E-state index in [-0.39, 0.29) is 16.7 Å². The number of hydrogen-bond acceptors (Lipinski definition) is 3. The number of alkyl halides is 3. The molecule has 0 amide bonds. The van der Waals surface area contributed by atoms with Gasteiger partial charge in [0.1, 0.15) is 17.6 Å². The molecule has 2 aromatic rings. The molecule has 0 aliphatic heterocycles. The summed E-state index contributed by atoms with van der Waals surface area (Å²) in [6.07, 6.45) is -2.08. The number of aromatic nitrogens is 3. The summed E-state index contributed by atoms with van der Waals surface area (Å²) < 4.78 is 39.2. The smallest absolute Gasteiger partial charge is 0.397 e. The normalized spacial score (nSPS) is 12.2. The van der Waals surface area contributed by atoms with Crippen LogP contribution in [-0.4, -0.2) is 20.3 Å². The van der Waals surface area contributed by atoms with Gasteiger partial charge in [-0.15, -0.1) is 0 Å². The van der Waals surface area contributed by atoms with Crippen LogP contribution in [0.1, 0.15) is 6.92 Å². The Bertz CT molecular complexity index is 641. The Kier molecular flexibility index (Phi) is 2.80. The predicted octanol–water partition coefficient (Wildman–Crippen LogP) is 1.36. The highest BCUT2D eigenvalue weighted by molar-refractivity contribution is 5.88. The Morgan fingerprint density at radius 2 is 2.06 bits per heavy atom. The molecule has 0 bridgehead atoms. The second-order valence-electron chi connectivity index (χ2n) is 3.86. The zero-order chi connectivity index (χ0) is 13.5. The van der Waals surface area contributed by atoms with Gasteiger partial charge in [0.25, 0.3) is 5.56 Å². The molecule has 0 aliphatic rings. The Morgan fingerprint density at radius 3 is 2.61 bits per heavy atom. The molecule has 0 fully saturated rings. The van der Waals surface area contributed by atoms with Gasteiger partial charge in [-0.3, -0.25) is 9.36 Å². The molecule has 0 saturated carbocycles. The minimum absolute atomic E-state index is 0.00884. The molecule has 0 radical (unpaired) electrons. The molecule has 2 aromatic heterocycles. The van der Waals surface area contributed by atoms with Crippen LogP contribution in [0, 0.1) is 0 Å². The number of nitrogen functional groups attached to an aromatic ring is 1. The van der Waals surface area contributed by atoms with Crippen LogP contribution >= 0.6 is 0 Å². The van der Waals surface area contributed by atoms with Gasteiger partial charge in [-0.2, -0.15) is 13.2 Å². The first kappa shape index (κ1) is 12.5. The maximum absolute atomic E-state index is 12.4. The van der Waals surface area contributed by atoms with E-state index >= 15 is 0 Å². The third-order valence-electron chi connectivity index (χ3n) is 2.56. The van der Waals surface area contributed by atoms with Gasteiger partial charge in [0.05, 0.1) is 12.0 Å². The minimum Gasteiger partial charge on any atom is -0.397 e. The lowest BCUT2D eigenvalue weighted by Crippen LogP contribution is -2.21. The highest BCUT2D eigenvalue weighted by atomic mass is 19.4. The monoisotopic (exact) mass is 260 g/mol. The number of rotatable bonds is 2. The number of halogens is 3. The maximum Gasteiger partial charge on any atom is 0.406 e. The quantitative estimate of drug-likeness (QED) is 0.886. The van der Waals surface area contributed by atoms with Crippen LogP contribution in [0.4, 0.5) is 18.9 Å². The molecule has 0 aromatic carbocycles. The van der Waals surface area contributed by atoms with Crippen LogP contribution in [0.25, 0.3) is 11.0 Å². The number of fused-ring (bicyclic) bond motifs is 1. The molecule has 0 unspecified atom stereocenters. The van der Waals surface area contributed by atoms with E-state index in [0.29, 0.717) is 6.54 Å². The zero-order valence-electron chi connectivity index (χ0n) is 9.53. The van der Waals surface area contributed by atoms with Crippen molar-refractivity contribution in [2.45, 2.75) is 26.2 Å².